The van der Waals surface area contributed by atoms with E-state index in [1.54, 1.807) is 13.0 Å². The van der Waals surface area contributed by atoms with Crippen LogP contribution in [0.4, 0.5) is 4.39 Å². The summed E-state index contributed by atoms with van der Waals surface area (Å²) in [6, 6.07) is 4.13. The van der Waals surface area contributed by atoms with Gasteiger partial charge in [0, 0.05) is 6.61 Å². The lowest BCUT2D eigenvalue weighted by Gasteiger charge is -2.13. The summed E-state index contributed by atoms with van der Waals surface area (Å²) in [5.41, 5.74) is 0.850. The highest BCUT2D eigenvalue weighted by molar-refractivity contribution is 5.89. The van der Waals surface area contributed by atoms with Crippen LogP contribution in [-0.2, 0) is 9.47 Å². The maximum atomic E-state index is 13.4. The summed E-state index contributed by atoms with van der Waals surface area (Å²) in [4.78, 5) is 11.5. The van der Waals surface area contributed by atoms with Crippen LogP contribution in [0.2, 0.25) is 0 Å². The van der Waals surface area contributed by atoms with E-state index in [0.717, 1.165) is 0 Å². The van der Waals surface area contributed by atoms with Gasteiger partial charge < -0.3 is 9.47 Å². The molecule has 0 heterocycles. The maximum absolute atomic E-state index is 13.4. The molecular weight excluding hydrogens is 223 g/mol. The monoisotopic (exact) mass is 240 g/mol. The highest BCUT2D eigenvalue weighted by atomic mass is 19.1. The summed E-state index contributed by atoms with van der Waals surface area (Å²) in [6.07, 6.45) is -0.246. The van der Waals surface area contributed by atoms with Gasteiger partial charge in [0.25, 0.3) is 0 Å². The quantitative estimate of drug-likeness (QED) is 0.742. The number of carbonyl (C=O) groups excluding carboxylic acids is 1. The number of halogens is 1. The van der Waals surface area contributed by atoms with Gasteiger partial charge in [-0.05, 0) is 44.5 Å². The van der Waals surface area contributed by atoms with E-state index in [2.05, 4.69) is 0 Å². The zero-order valence-corrected chi connectivity index (χ0v) is 10.3. The highest BCUT2D eigenvalue weighted by Crippen LogP contribution is 2.20. The molecule has 0 unspecified atom stereocenters. The van der Waals surface area contributed by atoms with Crippen molar-refractivity contribution in [1.29, 1.82) is 0 Å². The van der Waals surface area contributed by atoms with Crippen LogP contribution in [-0.4, -0.2) is 19.2 Å². The minimum absolute atomic E-state index is 0.216. The van der Waals surface area contributed by atoms with Gasteiger partial charge >= 0.3 is 5.97 Å². The SMILES string of the molecule is CCOC(=O)c1cc(F)cc([C@H](C)OCC)c1. The van der Waals surface area contributed by atoms with Crippen molar-refractivity contribution in [2.45, 2.75) is 26.9 Å². The first-order valence-electron chi connectivity index (χ1n) is 5.67. The van der Waals surface area contributed by atoms with Crippen LogP contribution in [0.1, 0.15) is 42.8 Å². The number of hydrogen-bond donors (Lipinski definition) is 0. The van der Waals surface area contributed by atoms with Crippen molar-refractivity contribution in [2.75, 3.05) is 13.2 Å². The summed E-state index contributed by atoms with van der Waals surface area (Å²) >= 11 is 0. The van der Waals surface area contributed by atoms with Gasteiger partial charge in [0.2, 0.25) is 0 Å². The molecule has 1 atom stereocenters. The minimum Gasteiger partial charge on any atom is -0.462 e. The van der Waals surface area contributed by atoms with Crippen molar-refractivity contribution in [3.8, 4) is 0 Å². The predicted molar refractivity (Wildman–Crippen MR) is 62.4 cm³/mol. The topological polar surface area (TPSA) is 35.5 Å². The van der Waals surface area contributed by atoms with E-state index in [1.807, 2.05) is 13.8 Å². The molecule has 17 heavy (non-hydrogen) atoms. The van der Waals surface area contributed by atoms with Crippen LogP contribution in [0.3, 0.4) is 0 Å². The van der Waals surface area contributed by atoms with Gasteiger partial charge in [-0.1, -0.05) is 0 Å². The Morgan fingerprint density at radius 2 is 2.00 bits per heavy atom. The second-order valence-electron chi connectivity index (χ2n) is 3.59. The van der Waals surface area contributed by atoms with E-state index >= 15 is 0 Å². The van der Waals surface area contributed by atoms with Crippen molar-refractivity contribution in [1.82, 2.24) is 0 Å². The zero-order chi connectivity index (χ0) is 12.8. The average molecular weight is 240 g/mol. The molecule has 0 N–H and O–H groups in total. The summed E-state index contributed by atoms with van der Waals surface area (Å²) in [7, 11) is 0. The van der Waals surface area contributed by atoms with E-state index in [0.29, 0.717) is 12.2 Å². The van der Waals surface area contributed by atoms with Crippen molar-refractivity contribution < 1.29 is 18.7 Å². The lowest BCUT2D eigenvalue weighted by atomic mass is 10.1. The van der Waals surface area contributed by atoms with E-state index in [1.165, 1.54) is 12.1 Å². The van der Waals surface area contributed by atoms with Gasteiger partial charge in [0.05, 0.1) is 18.3 Å². The summed E-state index contributed by atoms with van der Waals surface area (Å²) in [5.74, 6) is -0.978. The van der Waals surface area contributed by atoms with Gasteiger partial charge in [-0.15, -0.1) is 0 Å². The molecule has 0 saturated carbocycles. The van der Waals surface area contributed by atoms with Crippen LogP contribution < -0.4 is 0 Å². The Hall–Kier alpha value is -1.42. The fraction of sp³-hybridized carbons (Fsp3) is 0.462. The average Bonchev–Trinajstić information content (AvgIpc) is 2.29. The lowest BCUT2D eigenvalue weighted by molar-refractivity contribution is 0.0524. The Labute approximate surface area is 101 Å². The zero-order valence-electron chi connectivity index (χ0n) is 10.3. The molecule has 1 aromatic carbocycles. The Morgan fingerprint density at radius 1 is 1.29 bits per heavy atom. The summed E-state index contributed by atoms with van der Waals surface area (Å²) < 4.78 is 23.6. The Morgan fingerprint density at radius 3 is 2.59 bits per heavy atom. The molecule has 0 saturated heterocycles. The molecule has 1 aromatic rings. The van der Waals surface area contributed by atoms with Gasteiger partial charge in [0.15, 0.2) is 0 Å². The minimum atomic E-state index is -0.517. The number of benzene rings is 1. The molecular formula is C13H17FO3. The standard InChI is InChI=1S/C13H17FO3/c1-4-16-9(3)10-6-11(8-12(14)7-10)13(15)17-5-2/h6-9H,4-5H2,1-3H3/t9-/m0/s1. The third kappa shape index (κ3) is 3.82. The molecule has 1 rings (SSSR count). The van der Waals surface area contributed by atoms with Crippen LogP contribution in [0.15, 0.2) is 18.2 Å². The van der Waals surface area contributed by atoms with Crippen molar-refractivity contribution in [2.24, 2.45) is 0 Å². The first-order chi connectivity index (χ1) is 8.08. The van der Waals surface area contributed by atoms with Gasteiger partial charge in [0.1, 0.15) is 5.82 Å². The molecule has 0 amide bonds. The Bertz CT molecular complexity index is 390. The van der Waals surface area contributed by atoms with Crippen LogP contribution in [0.25, 0.3) is 0 Å². The predicted octanol–water partition coefficient (Wildman–Crippen LogP) is 3.10. The van der Waals surface area contributed by atoms with E-state index in [9.17, 15) is 9.18 Å². The molecule has 4 heteroatoms. The number of rotatable bonds is 5. The fourth-order valence-corrected chi connectivity index (χ4v) is 1.53. The van der Waals surface area contributed by atoms with Crippen molar-refractivity contribution in [3.63, 3.8) is 0 Å². The number of carbonyl (C=O) groups is 1. The van der Waals surface area contributed by atoms with Crippen LogP contribution >= 0.6 is 0 Å². The van der Waals surface area contributed by atoms with Crippen LogP contribution in [0, 0.1) is 5.82 Å². The number of ether oxygens (including phenoxy) is 2. The first kappa shape index (κ1) is 13.6. The molecule has 0 spiro atoms. The summed E-state index contributed by atoms with van der Waals surface area (Å²) in [5, 5.41) is 0. The molecule has 0 aliphatic rings. The number of hydrogen-bond acceptors (Lipinski definition) is 3. The van der Waals surface area contributed by atoms with Gasteiger partial charge in [-0.2, -0.15) is 0 Å². The third-order valence-electron chi connectivity index (χ3n) is 2.32. The van der Waals surface area contributed by atoms with E-state index in [-0.39, 0.29) is 18.3 Å². The van der Waals surface area contributed by atoms with E-state index < -0.39 is 11.8 Å². The maximum Gasteiger partial charge on any atom is 0.338 e. The molecule has 0 fully saturated rings. The normalized spacial score (nSPS) is 12.2. The van der Waals surface area contributed by atoms with Gasteiger partial charge in [-0.3, -0.25) is 0 Å². The molecule has 0 aromatic heterocycles. The highest BCUT2D eigenvalue weighted by Gasteiger charge is 2.13. The lowest BCUT2D eigenvalue weighted by Crippen LogP contribution is -2.07. The van der Waals surface area contributed by atoms with Gasteiger partial charge in [-0.25, -0.2) is 9.18 Å². The molecule has 0 bridgehead atoms. The summed E-state index contributed by atoms with van der Waals surface area (Å²) in [6.45, 7) is 6.19. The largest absolute Gasteiger partial charge is 0.462 e. The Kier molecular flexibility index (Phi) is 5.10. The van der Waals surface area contributed by atoms with E-state index in [4.69, 9.17) is 9.47 Å². The first-order valence-corrected chi connectivity index (χ1v) is 5.67. The van der Waals surface area contributed by atoms with Crippen molar-refractivity contribution >= 4 is 5.97 Å². The molecule has 0 aliphatic carbocycles. The molecule has 0 radical (unpaired) electrons. The Balaban J connectivity index is 2.97. The molecule has 94 valence electrons. The number of esters is 1. The third-order valence-corrected chi connectivity index (χ3v) is 2.32. The molecule has 3 nitrogen and oxygen atoms in total. The smallest absolute Gasteiger partial charge is 0.338 e. The second kappa shape index (κ2) is 6.35. The fourth-order valence-electron chi connectivity index (χ4n) is 1.53. The van der Waals surface area contributed by atoms with Crippen LogP contribution in [0.5, 0.6) is 0 Å². The molecule has 0 aliphatic heterocycles. The van der Waals surface area contributed by atoms with Crippen molar-refractivity contribution in [3.05, 3.63) is 35.1 Å². The second-order valence-corrected chi connectivity index (χ2v) is 3.59.